The smallest absolute Gasteiger partial charge is 0.144 e. The van der Waals surface area contributed by atoms with Gasteiger partial charge in [-0.1, -0.05) is 19.0 Å². The summed E-state index contributed by atoms with van der Waals surface area (Å²) in [6, 6.07) is 0. The molecule has 0 heterocycles. The van der Waals surface area contributed by atoms with Crippen LogP contribution >= 0.6 is 0 Å². The first kappa shape index (κ1) is 15.4. The van der Waals surface area contributed by atoms with Crippen LogP contribution in [0.5, 0.6) is 0 Å². The lowest BCUT2D eigenvalue weighted by atomic mass is 9.86. The van der Waals surface area contributed by atoms with E-state index in [2.05, 4.69) is 10.5 Å². The van der Waals surface area contributed by atoms with Crippen molar-refractivity contribution in [3.8, 4) is 0 Å². The van der Waals surface area contributed by atoms with Gasteiger partial charge in [0.05, 0.1) is 0 Å². The minimum Gasteiger partial charge on any atom is -0.409 e. The van der Waals surface area contributed by atoms with Crippen LogP contribution in [0.3, 0.4) is 0 Å². The van der Waals surface area contributed by atoms with Crippen molar-refractivity contribution >= 4 is 16.6 Å². The maximum Gasteiger partial charge on any atom is 0.144 e. The number of nitrogens with two attached hydrogens (primary N) is 1. The number of hydrogen-bond donors (Lipinski definition) is 3. The van der Waals surface area contributed by atoms with Crippen LogP contribution in [0.1, 0.15) is 26.7 Å². The fourth-order valence-electron chi connectivity index (χ4n) is 1.26. The second-order valence-corrected chi connectivity index (χ2v) is 6.05. The zero-order valence-electron chi connectivity index (χ0n) is 10.3. The van der Waals surface area contributed by atoms with Crippen molar-refractivity contribution in [3.05, 3.63) is 0 Å². The number of nitrogens with zero attached hydrogens (tertiary/aromatic N) is 1. The molecule has 1 unspecified atom stereocenters. The van der Waals surface area contributed by atoms with Crippen LogP contribution in [0.15, 0.2) is 5.16 Å². The van der Waals surface area contributed by atoms with Crippen molar-refractivity contribution in [2.45, 2.75) is 26.7 Å². The van der Waals surface area contributed by atoms with E-state index < -0.39 is 10.8 Å². The Morgan fingerprint density at radius 2 is 2.12 bits per heavy atom. The molecule has 0 aromatic heterocycles. The van der Waals surface area contributed by atoms with Gasteiger partial charge in [-0.2, -0.15) is 0 Å². The zero-order chi connectivity index (χ0) is 12.6. The maximum absolute atomic E-state index is 10.8. The van der Waals surface area contributed by atoms with Gasteiger partial charge in [0.2, 0.25) is 0 Å². The summed E-state index contributed by atoms with van der Waals surface area (Å²) >= 11 is 0. The Kier molecular flexibility index (Phi) is 7.33. The lowest BCUT2D eigenvalue weighted by Gasteiger charge is -2.22. The molecule has 5 nitrogen and oxygen atoms in total. The topological polar surface area (TPSA) is 87.7 Å². The van der Waals surface area contributed by atoms with Crippen LogP contribution in [-0.4, -0.2) is 40.3 Å². The fourth-order valence-corrected chi connectivity index (χ4v) is 1.69. The summed E-state index contributed by atoms with van der Waals surface area (Å²) in [7, 11) is -0.731. The SMILES string of the molecule is CS(=O)CCNCCCC(C)(C)C(N)=NO. The second-order valence-electron chi connectivity index (χ2n) is 4.50. The van der Waals surface area contributed by atoms with Gasteiger partial charge in [-0.15, -0.1) is 0 Å². The summed E-state index contributed by atoms with van der Waals surface area (Å²) in [6.45, 7) is 5.53. The van der Waals surface area contributed by atoms with Crippen molar-refractivity contribution in [2.24, 2.45) is 16.3 Å². The lowest BCUT2D eigenvalue weighted by molar-refractivity contribution is 0.304. The Morgan fingerprint density at radius 1 is 1.50 bits per heavy atom. The van der Waals surface area contributed by atoms with Gasteiger partial charge >= 0.3 is 0 Å². The summed E-state index contributed by atoms with van der Waals surface area (Å²) in [5.74, 6) is 0.950. The van der Waals surface area contributed by atoms with Gasteiger partial charge < -0.3 is 16.3 Å². The number of hydrogen-bond acceptors (Lipinski definition) is 4. The number of rotatable bonds is 8. The van der Waals surface area contributed by atoms with E-state index in [-0.39, 0.29) is 11.3 Å². The molecule has 0 aromatic rings. The predicted octanol–water partition coefficient (Wildman–Crippen LogP) is 0.507. The highest BCUT2D eigenvalue weighted by atomic mass is 32.2. The lowest BCUT2D eigenvalue weighted by Crippen LogP contribution is -2.33. The molecule has 0 saturated carbocycles. The third-order valence-electron chi connectivity index (χ3n) is 2.52. The highest BCUT2D eigenvalue weighted by molar-refractivity contribution is 7.84. The molecule has 6 heteroatoms. The van der Waals surface area contributed by atoms with Crippen LogP contribution in [0.2, 0.25) is 0 Å². The molecule has 0 aliphatic heterocycles. The molecule has 0 aliphatic carbocycles. The standard InChI is InChI=1S/C10H23N3O2S/c1-10(2,9(11)13-14)5-4-6-12-7-8-16(3)15/h12,14H,4-8H2,1-3H3,(H2,11,13). The van der Waals surface area contributed by atoms with Crippen molar-refractivity contribution in [3.63, 3.8) is 0 Å². The zero-order valence-corrected chi connectivity index (χ0v) is 11.1. The maximum atomic E-state index is 10.8. The molecule has 4 N–H and O–H groups in total. The molecule has 0 saturated heterocycles. The van der Waals surface area contributed by atoms with Gasteiger partial charge in [0.15, 0.2) is 0 Å². The second kappa shape index (κ2) is 7.62. The highest BCUT2D eigenvalue weighted by Gasteiger charge is 2.22. The Balaban J connectivity index is 3.62. The van der Waals surface area contributed by atoms with E-state index in [9.17, 15) is 4.21 Å². The van der Waals surface area contributed by atoms with Crippen molar-refractivity contribution in [2.75, 3.05) is 25.1 Å². The molecular weight excluding hydrogens is 226 g/mol. The van der Waals surface area contributed by atoms with E-state index in [4.69, 9.17) is 10.9 Å². The summed E-state index contributed by atoms with van der Waals surface area (Å²) in [5.41, 5.74) is 5.30. The van der Waals surface area contributed by atoms with Gasteiger partial charge in [-0.3, -0.25) is 4.21 Å². The normalized spacial score (nSPS) is 15.1. The van der Waals surface area contributed by atoms with Crippen LogP contribution in [0, 0.1) is 5.41 Å². The molecule has 0 radical (unpaired) electrons. The molecule has 96 valence electrons. The molecule has 0 spiro atoms. The van der Waals surface area contributed by atoms with Gasteiger partial charge in [-0.25, -0.2) is 0 Å². The van der Waals surface area contributed by atoms with Gasteiger partial charge in [0.25, 0.3) is 0 Å². The number of amidine groups is 1. The van der Waals surface area contributed by atoms with E-state index >= 15 is 0 Å². The molecular formula is C10H23N3O2S. The number of oxime groups is 1. The molecule has 0 aromatic carbocycles. The van der Waals surface area contributed by atoms with Crippen molar-refractivity contribution in [1.29, 1.82) is 0 Å². The first-order chi connectivity index (χ1) is 7.40. The summed E-state index contributed by atoms with van der Waals surface area (Å²) in [4.78, 5) is 0. The van der Waals surface area contributed by atoms with Crippen LogP contribution in [-0.2, 0) is 10.8 Å². The first-order valence-electron chi connectivity index (χ1n) is 5.39. The molecule has 0 bridgehead atoms. The first-order valence-corrected chi connectivity index (χ1v) is 7.11. The third-order valence-corrected chi connectivity index (χ3v) is 3.30. The summed E-state index contributed by atoms with van der Waals surface area (Å²) in [5, 5.41) is 14.8. The molecule has 0 aliphatic rings. The average molecular weight is 249 g/mol. The van der Waals surface area contributed by atoms with E-state index in [1.807, 2.05) is 13.8 Å². The Morgan fingerprint density at radius 3 is 2.62 bits per heavy atom. The van der Waals surface area contributed by atoms with Crippen molar-refractivity contribution < 1.29 is 9.42 Å². The monoisotopic (exact) mass is 249 g/mol. The molecule has 1 atom stereocenters. The Labute approximate surface area is 99.9 Å². The van der Waals surface area contributed by atoms with Crippen LogP contribution in [0.25, 0.3) is 0 Å². The van der Waals surface area contributed by atoms with E-state index in [1.165, 1.54) is 0 Å². The average Bonchev–Trinajstić information content (AvgIpc) is 2.21. The minimum atomic E-state index is -0.731. The fraction of sp³-hybridized carbons (Fsp3) is 0.900. The van der Waals surface area contributed by atoms with E-state index in [0.717, 1.165) is 25.9 Å². The van der Waals surface area contributed by atoms with Crippen LogP contribution < -0.4 is 11.1 Å². The van der Waals surface area contributed by atoms with Gasteiger partial charge in [0.1, 0.15) is 5.84 Å². The highest BCUT2D eigenvalue weighted by Crippen LogP contribution is 2.21. The Bertz CT molecular complexity index is 254. The van der Waals surface area contributed by atoms with Gasteiger partial charge in [-0.05, 0) is 19.4 Å². The molecule has 16 heavy (non-hydrogen) atoms. The van der Waals surface area contributed by atoms with E-state index in [1.54, 1.807) is 6.26 Å². The largest absolute Gasteiger partial charge is 0.409 e. The van der Waals surface area contributed by atoms with Crippen molar-refractivity contribution in [1.82, 2.24) is 5.32 Å². The van der Waals surface area contributed by atoms with Gasteiger partial charge in [0, 0.05) is 34.8 Å². The quantitative estimate of drug-likeness (QED) is 0.192. The van der Waals surface area contributed by atoms with E-state index in [0.29, 0.717) is 5.75 Å². The predicted molar refractivity (Wildman–Crippen MR) is 68.2 cm³/mol. The number of nitrogens with one attached hydrogen (secondary N) is 1. The third kappa shape index (κ3) is 6.79. The summed E-state index contributed by atoms with van der Waals surface area (Å²) < 4.78 is 10.8. The molecule has 0 rings (SSSR count). The minimum absolute atomic E-state index is 0.266. The van der Waals surface area contributed by atoms with Crippen LogP contribution in [0.4, 0.5) is 0 Å². The Hall–Kier alpha value is -0.620. The molecule has 0 fully saturated rings. The summed E-state index contributed by atoms with van der Waals surface area (Å²) in [6.07, 6.45) is 3.49. The molecule has 0 amide bonds.